The monoisotopic (exact) mass is 475 g/mol. The molecule has 1 saturated heterocycles. The summed E-state index contributed by atoms with van der Waals surface area (Å²) >= 11 is 0. The van der Waals surface area contributed by atoms with E-state index in [4.69, 9.17) is 9.47 Å². The van der Waals surface area contributed by atoms with Crippen LogP contribution in [0.15, 0.2) is 60.7 Å². The van der Waals surface area contributed by atoms with E-state index in [-0.39, 0.29) is 11.5 Å². The Labute approximate surface area is 205 Å². The van der Waals surface area contributed by atoms with Crippen molar-refractivity contribution in [3.8, 4) is 23.0 Å². The summed E-state index contributed by atoms with van der Waals surface area (Å²) < 4.78 is 27.3. The molecule has 0 saturated carbocycles. The smallest absolute Gasteiger partial charge is 0.150 e. The van der Waals surface area contributed by atoms with E-state index in [1.54, 1.807) is 24.3 Å². The number of phenols is 2. The van der Waals surface area contributed by atoms with Crippen molar-refractivity contribution in [1.29, 1.82) is 0 Å². The quantitative estimate of drug-likeness (QED) is 0.456. The fraction of sp³-hybridized carbons (Fsp3) is 0.310. The third-order valence-corrected chi connectivity index (χ3v) is 6.89. The Morgan fingerprint density at radius 1 is 1.00 bits per heavy atom. The number of nitrogens with zero attached hydrogens (tertiary/aromatic N) is 1. The number of rotatable bonds is 6. The van der Waals surface area contributed by atoms with Crippen LogP contribution in [0, 0.1) is 11.7 Å². The molecule has 2 atom stereocenters. The molecule has 0 amide bonds. The van der Waals surface area contributed by atoms with Crippen LogP contribution in [0.2, 0.25) is 0 Å². The number of hydrogen-bond acceptors (Lipinski definition) is 5. The van der Waals surface area contributed by atoms with Crippen molar-refractivity contribution in [2.24, 2.45) is 5.92 Å². The fourth-order valence-electron chi connectivity index (χ4n) is 5.01. The van der Waals surface area contributed by atoms with E-state index in [0.29, 0.717) is 23.5 Å². The van der Waals surface area contributed by atoms with E-state index in [9.17, 15) is 14.6 Å². The number of allylic oxidation sites excluding steroid dienone is 1. The van der Waals surface area contributed by atoms with Crippen LogP contribution in [-0.2, 0) is 0 Å². The predicted molar refractivity (Wildman–Crippen MR) is 134 cm³/mol. The molecule has 5 rings (SSSR count). The Hall–Kier alpha value is -3.51. The van der Waals surface area contributed by atoms with Crippen molar-refractivity contribution in [3.05, 3.63) is 83.2 Å². The van der Waals surface area contributed by atoms with Gasteiger partial charge in [0.25, 0.3) is 0 Å². The first kappa shape index (κ1) is 23.2. The summed E-state index contributed by atoms with van der Waals surface area (Å²) in [5.41, 5.74) is 3.52. The predicted octanol–water partition coefficient (Wildman–Crippen LogP) is 6.02. The lowest BCUT2D eigenvalue weighted by atomic mass is 9.86. The zero-order valence-corrected chi connectivity index (χ0v) is 20.0. The van der Waals surface area contributed by atoms with E-state index < -0.39 is 11.9 Å². The molecule has 0 radical (unpaired) electrons. The van der Waals surface area contributed by atoms with Crippen LogP contribution in [-0.4, -0.2) is 41.4 Å². The van der Waals surface area contributed by atoms with Crippen molar-refractivity contribution in [2.75, 3.05) is 26.2 Å². The number of likely N-dealkylation sites (tertiary alicyclic amines) is 1. The van der Waals surface area contributed by atoms with Crippen LogP contribution in [0.4, 0.5) is 4.39 Å². The lowest BCUT2D eigenvalue weighted by molar-refractivity contribution is 0.233. The van der Waals surface area contributed by atoms with Crippen LogP contribution < -0.4 is 9.47 Å². The van der Waals surface area contributed by atoms with Gasteiger partial charge in [0.15, 0.2) is 0 Å². The second-order valence-corrected chi connectivity index (χ2v) is 9.49. The molecule has 2 N–H and O–H groups in total. The number of fused-ring (bicyclic) bond motifs is 1. The second-order valence-electron chi connectivity index (χ2n) is 9.49. The van der Waals surface area contributed by atoms with Crippen molar-refractivity contribution in [2.45, 2.75) is 26.4 Å². The molecule has 35 heavy (non-hydrogen) atoms. The summed E-state index contributed by atoms with van der Waals surface area (Å²) in [7, 11) is 0. The highest BCUT2D eigenvalue weighted by molar-refractivity contribution is 5.95. The normalized spacial score (nSPS) is 20.0. The minimum atomic E-state index is -0.594. The molecule has 3 aromatic rings. The summed E-state index contributed by atoms with van der Waals surface area (Å²) in [5, 5.41) is 19.7. The fourth-order valence-corrected chi connectivity index (χ4v) is 5.01. The largest absolute Gasteiger partial charge is 0.508 e. The van der Waals surface area contributed by atoms with Crippen LogP contribution in [0.5, 0.6) is 23.0 Å². The van der Waals surface area contributed by atoms with Crippen molar-refractivity contribution < 1.29 is 24.1 Å². The molecule has 0 aromatic heterocycles. The van der Waals surface area contributed by atoms with Gasteiger partial charge in [0.1, 0.15) is 41.5 Å². The Balaban J connectivity index is 1.42. The molecule has 0 unspecified atom stereocenters. The highest BCUT2D eigenvalue weighted by Gasteiger charge is 2.31. The van der Waals surface area contributed by atoms with Gasteiger partial charge in [-0.1, -0.05) is 19.1 Å². The topological polar surface area (TPSA) is 62.2 Å². The number of halogens is 1. The van der Waals surface area contributed by atoms with Crippen molar-refractivity contribution in [3.63, 3.8) is 0 Å². The zero-order chi connectivity index (χ0) is 24.5. The van der Waals surface area contributed by atoms with Gasteiger partial charge in [-0.05, 0) is 73.3 Å². The van der Waals surface area contributed by atoms with Gasteiger partial charge in [-0.2, -0.15) is 0 Å². The molecular weight excluding hydrogens is 445 g/mol. The zero-order valence-electron chi connectivity index (χ0n) is 20.0. The van der Waals surface area contributed by atoms with E-state index in [1.165, 1.54) is 12.5 Å². The maximum atomic E-state index is 15.0. The molecule has 6 heteroatoms. The minimum absolute atomic E-state index is 0.103. The lowest BCUT2D eigenvalue weighted by Gasteiger charge is -2.31. The van der Waals surface area contributed by atoms with Crippen LogP contribution in [0.3, 0.4) is 0 Å². The SMILES string of the molecule is CC1=C(c2ccc(O)cc2F)[C@H](c2ccc(OCCN3CC[C@@H](C)C3)cc2)Oc2cc(O)ccc21. The Bertz CT molecular complexity index is 1250. The third kappa shape index (κ3) is 4.84. The van der Waals surface area contributed by atoms with Gasteiger partial charge in [-0.15, -0.1) is 0 Å². The van der Waals surface area contributed by atoms with Gasteiger partial charge in [-0.3, -0.25) is 4.90 Å². The van der Waals surface area contributed by atoms with Gasteiger partial charge in [0.2, 0.25) is 0 Å². The van der Waals surface area contributed by atoms with Gasteiger partial charge < -0.3 is 19.7 Å². The summed E-state index contributed by atoms with van der Waals surface area (Å²) in [4.78, 5) is 2.42. The third-order valence-electron chi connectivity index (χ3n) is 6.89. The molecule has 2 aliphatic heterocycles. The molecule has 5 nitrogen and oxygen atoms in total. The Morgan fingerprint density at radius 2 is 1.71 bits per heavy atom. The van der Waals surface area contributed by atoms with E-state index in [1.807, 2.05) is 31.2 Å². The van der Waals surface area contributed by atoms with Crippen LogP contribution in [0.1, 0.15) is 43.1 Å². The molecule has 3 aromatic carbocycles. The molecule has 0 spiro atoms. The average Bonchev–Trinajstić information content (AvgIpc) is 3.25. The van der Waals surface area contributed by atoms with E-state index in [0.717, 1.165) is 54.1 Å². The first-order valence-electron chi connectivity index (χ1n) is 12.0. The molecule has 0 aliphatic carbocycles. The molecule has 2 aliphatic rings. The van der Waals surface area contributed by atoms with E-state index in [2.05, 4.69) is 11.8 Å². The summed E-state index contributed by atoms with van der Waals surface area (Å²) in [5.74, 6) is 1.51. The van der Waals surface area contributed by atoms with Gasteiger partial charge in [0, 0.05) is 41.9 Å². The van der Waals surface area contributed by atoms with Gasteiger partial charge in [-0.25, -0.2) is 4.39 Å². The minimum Gasteiger partial charge on any atom is -0.508 e. The Morgan fingerprint density at radius 3 is 2.40 bits per heavy atom. The number of hydrogen-bond donors (Lipinski definition) is 2. The maximum absolute atomic E-state index is 15.0. The summed E-state index contributed by atoms with van der Waals surface area (Å²) in [6, 6.07) is 16.8. The van der Waals surface area contributed by atoms with Crippen molar-refractivity contribution in [1.82, 2.24) is 4.90 Å². The number of aromatic hydroxyl groups is 2. The summed E-state index contributed by atoms with van der Waals surface area (Å²) in [6.07, 6.45) is 0.650. The second kappa shape index (κ2) is 9.62. The maximum Gasteiger partial charge on any atom is 0.150 e. The highest BCUT2D eigenvalue weighted by Crippen LogP contribution is 2.48. The lowest BCUT2D eigenvalue weighted by Crippen LogP contribution is -2.25. The standard InChI is InChI=1S/C29H30FNO4/c1-18-11-12-31(17-18)13-14-34-23-7-3-20(4-8-23)29-28(25-10-6-21(32)15-26(25)30)19(2)24-9-5-22(33)16-27(24)35-29/h3-10,15-16,18,29,32-33H,11-14,17H2,1-2H3/t18-,29+/m1/s1. The first-order chi connectivity index (χ1) is 16.9. The molecule has 182 valence electrons. The molecule has 2 heterocycles. The summed E-state index contributed by atoms with van der Waals surface area (Å²) in [6.45, 7) is 7.99. The highest BCUT2D eigenvalue weighted by atomic mass is 19.1. The van der Waals surface area contributed by atoms with Gasteiger partial charge in [0.05, 0.1) is 0 Å². The molecule has 0 bridgehead atoms. The Kier molecular flexibility index (Phi) is 6.39. The molecular formula is C29H30FNO4. The average molecular weight is 476 g/mol. The van der Waals surface area contributed by atoms with E-state index >= 15 is 0 Å². The van der Waals surface area contributed by atoms with Crippen LogP contribution in [0.25, 0.3) is 11.1 Å². The molecule has 1 fully saturated rings. The first-order valence-corrected chi connectivity index (χ1v) is 12.0. The van der Waals surface area contributed by atoms with Crippen molar-refractivity contribution >= 4 is 11.1 Å². The number of ether oxygens (including phenoxy) is 2. The van der Waals surface area contributed by atoms with Gasteiger partial charge >= 0.3 is 0 Å². The number of phenolic OH excluding ortho intramolecular Hbond substituents is 2. The number of benzene rings is 3. The van der Waals surface area contributed by atoms with Crippen LogP contribution >= 0.6 is 0 Å².